The van der Waals surface area contributed by atoms with E-state index in [9.17, 15) is 10.2 Å². The molecule has 0 aromatic carbocycles. The van der Waals surface area contributed by atoms with Crippen molar-refractivity contribution in [1.29, 1.82) is 0 Å². The molecular formula is C13H17N3O2. The number of piperidine rings is 1. The maximum Gasteiger partial charge on any atom is 0.153 e. The van der Waals surface area contributed by atoms with E-state index in [0.29, 0.717) is 0 Å². The smallest absolute Gasteiger partial charge is 0.153 e. The number of imidazole rings is 1. The summed E-state index contributed by atoms with van der Waals surface area (Å²) in [4.78, 5) is 6.72. The number of nitrogens with zero attached hydrogens (tertiary/aromatic N) is 3. The molecule has 0 radical (unpaired) electrons. The normalized spacial score (nSPS) is 17.6. The van der Waals surface area contributed by atoms with Gasteiger partial charge in [-0.05, 0) is 25.0 Å². The summed E-state index contributed by atoms with van der Waals surface area (Å²) in [5.74, 6) is 0.843. The fourth-order valence-electron chi connectivity index (χ4n) is 2.51. The molecule has 1 aliphatic rings. The van der Waals surface area contributed by atoms with Gasteiger partial charge in [0.15, 0.2) is 5.82 Å². The first kappa shape index (κ1) is 11.5. The third-order valence-electron chi connectivity index (χ3n) is 3.52. The summed E-state index contributed by atoms with van der Waals surface area (Å²) in [5, 5.41) is 19.1. The Morgan fingerprint density at radius 2 is 2.06 bits per heavy atom. The van der Waals surface area contributed by atoms with Crippen LogP contribution in [0.25, 0.3) is 5.65 Å². The molecule has 2 aromatic heterocycles. The molecule has 96 valence electrons. The molecule has 0 unspecified atom stereocenters. The van der Waals surface area contributed by atoms with E-state index >= 15 is 0 Å². The highest BCUT2D eigenvalue weighted by molar-refractivity contribution is 5.56. The summed E-state index contributed by atoms with van der Waals surface area (Å²) in [6.07, 6.45) is 3.24. The number of aromatic nitrogens is 2. The molecule has 0 aliphatic carbocycles. The minimum absolute atomic E-state index is 0.0282. The van der Waals surface area contributed by atoms with E-state index in [0.717, 1.165) is 43.1 Å². The van der Waals surface area contributed by atoms with Gasteiger partial charge in [0.2, 0.25) is 0 Å². The van der Waals surface area contributed by atoms with Gasteiger partial charge in [0.1, 0.15) is 5.65 Å². The van der Waals surface area contributed by atoms with Gasteiger partial charge in [-0.25, -0.2) is 4.98 Å². The summed E-state index contributed by atoms with van der Waals surface area (Å²) < 4.78 is 1.92. The molecule has 2 aromatic rings. The van der Waals surface area contributed by atoms with Crippen LogP contribution >= 0.6 is 0 Å². The lowest BCUT2D eigenvalue weighted by molar-refractivity contribution is 0.145. The van der Waals surface area contributed by atoms with Gasteiger partial charge in [-0.15, -0.1) is 0 Å². The van der Waals surface area contributed by atoms with Crippen LogP contribution in [0.2, 0.25) is 0 Å². The largest absolute Gasteiger partial charge is 0.393 e. The molecule has 1 saturated heterocycles. The van der Waals surface area contributed by atoms with Gasteiger partial charge in [0, 0.05) is 19.3 Å². The molecule has 3 rings (SSSR count). The first-order chi connectivity index (χ1) is 8.79. The van der Waals surface area contributed by atoms with Crippen molar-refractivity contribution in [2.24, 2.45) is 0 Å². The predicted molar refractivity (Wildman–Crippen MR) is 68.6 cm³/mol. The molecule has 0 atom stereocenters. The van der Waals surface area contributed by atoms with Crippen LogP contribution in [-0.4, -0.2) is 38.8 Å². The topological polar surface area (TPSA) is 61.0 Å². The molecular weight excluding hydrogens is 230 g/mol. The zero-order chi connectivity index (χ0) is 12.5. The fourth-order valence-corrected chi connectivity index (χ4v) is 2.51. The third-order valence-corrected chi connectivity index (χ3v) is 3.52. The van der Waals surface area contributed by atoms with Crippen LogP contribution in [0.15, 0.2) is 24.4 Å². The summed E-state index contributed by atoms with van der Waals surface area (Å²) in [6, 6.07) is 5.80. The number of hydrogen-bond acceptors (Lipinski definition) is 4. The van der Waals surface area contributed by atoms with E-state index in [-0.39, 0.29) is 12.7 Å². The zero-order valence-electron chi connectivity index (χ0n) is 10.2. The number of pyridine rings is 1. The van der Waals surface area contributed by atoms with E-state index < -0.39 is 0 Å². The Kier molecular flexibility index (Phi) is 2.93. The van der Waals surface area contributed by atoms with E-state index in [4.69, 9.17) is 0 Å². The van der Waals surface area contributed by atoms with Crippen molar-refractivity contribution in [3.05, 3.63) is 30.1 Å². The van der Waals surface area contributed by atoms with Gasteiger partial charge >= 0.3 is 0 Å². The van der Waals surface area contributed by atoms with Gasteiger partial charge in [0.05, 0.1) is 18.4 Å². The number of aliphatic hydroxyl groups excluding tert-OH is 2. The number of aliphatic hydroxyl groups is 2. The second-order valence-corrected chi connectivity index (χ2v) is 4.69. The molecule has 0 bridgehead atoms. The molecule has 5 nitrogen and oxygen atoms in total. The summed E-state index contributed by atoms with van der Waals surface area (Å²) in [5.41, 5.74) is 1.67. The standard InChI is InChI=1S/C13H17N3O2/c17-9-11-13(15-7-4-10(18)5-8-15)14-12-3-1-2-6-16(11)12/h1-3,6,10,17-18H,4-5,7-9H2. The van der Waals surface area contributed by atoms with Crippen molar-refractivity contribution in [2.45, 2.75) is 25.6 Å². The molecule has 0 amide bonds. The predicted octanol–water partition coefficient (Wildman–Crippen LogP) is 0.788. The number of rotatable bonds is 2. The van der Waals surface area contributed by atoms with Gasteiger partial charge in [-0.2, -0.15) is 0 Å². The van der Waals surface area contributed by atoms with Crippen LogP contribution in [0.3, 0.4) is 0 Å². The average molecular weight is 247 g/mol. The van der Waals surface area contributed by atoms with Crippen LogP contribution in [0.5, 0.6) is 0 Å². The van der Waals surface area contributed by atoms with Gasteiger partial charge in [-0.1, -0.05) is 6.07 Å². The lowest BCUT2D eigenvalue weighted by atomic mass is 10.1. The zero-order valence-corrected chi connectivity index (χ0v) is 10.2. The van der Waals surface area contributed by atoms with E-state index in [2.05, 4.69) is 9.88 Å². The monoisotopic (exact) mass is 247 g/mol. The average Bonchev–Trinajstić information content (AvgIpc) is 2.78. The first-order valence-corrected chi connectivity index (χ1v) is 6.29. The van der Waals surface area contributed by atoms with Crippen LogP contribution < -0.4 is 4.90 Å². The summed E-state index contributed by atoms with van der Waals surface area (Å²) in [6.45, 7) is 1.55. The van der Waals surface area contributed by atoms with Crippen molar-refractivity contribution >= 4 is 11.5 Å². The van der Waals surface area contributed by atoms with E-state index in [1.165, 1.54) is 0 Å². The molecule has 5 heteroatoms. The Bertz CT molecular complexity index is 544. The first-order valence-electron chi connectivity index (χ1n) is 6.29. The van der Waals surface area contributed by atoms with Crippen LogP contribution in [0.4, 0.5) is 5.82 Å². The third kappa shape index (κ3) is 1.85. The Morgan fingerprint density at radius 3 is 2.78 bits per heavy atom. The van der Waals surface area contributed by atoms with Crippen molar-refractivity contribution in [2.75, 3.05) is 18.0 Å². The lowest BCUT2D eigenvalue weighted by Crippen LogP contribution is -2.36. The maximum absolute atomic E-state index is 9.55. The van der Waals surface area contributed by atoms with Gasteiger partial charge in [0.25, 0.3) is 0 Å². The maximum atomic E-state index is 9.55. The van der Waals surface area contributed by atoms with Crippen molar-refractivity contribution < 1.29 is 10.2 Å². The van der Waals surface area contributed by atoms with E-state index in [1.807, 2.05) is 28.8 Å². The molecule has 2 N–H and O–H groups in total. The Morgan fingerprint density at radius 1 is 1.28 bits per heavy atom. The molecule has 0 spiro atoms. The molecule has 0 saturated carbocycles. The lowest BCUT2D eigenvalue weighted by Gasteiger charge is -2.30. The molecule has 1 aliphatic heterocycles. The van der Waals surface area contributed by atoms with Crippen molar-refractivity contribution in [3.8, 4) is 0 Å². The Balaban J connectivity index is 2.00. The minimum Gasteiger partial charge on any atom is -0.393 e. The van der Waals surface area contributed by atoms with Crippen molar-refractivity contribution in [3.63, 3.8) is 0 Å². The minimum atomic E-state index is -0.198. The van der Waals surface area contributed by atoms with Gasteiger partial charge in [-0.3, -0.25) is 4.40 Å². The SMILES string of the molecule is OCc1c(N2CCC(O)CC2)nc2ccccn12. The molecule has 3 heterocycles. The number of hydrogen-bond donors (Lipinski definition) is 2. The van der Waals surface area contributed by atoms with Crippen LogP contribution in [0.1, 0.15) is 18.5 Å². The highest BCUT2D eigenvalue weighted by atomic mass is 16.3. The summed E-state index contributed by atoms with van der Waals surface area (Å²) in [7, 11) is 0. The Labute approximate surface area is 105 Å². The van der Waals surface area contributed by atoms with Gasteiger partial charge < -0.3 is 15.1 Å². The number of anilines is 1. The second kappa shape index (κ2) is 4.59. The quantitative estimate of drug-likeness (QED) is 0.823. The van der Waals surface area contributed by atoms with E-state index in [1.54, 1.807) is 0 Å². The fraction of sp³-hybridized carbons (Fsp3) is 0.462. The summed E-state index contributed by atoms with van der Waals surface area (Å²) >= 11 is 0. The molecule has 18 heavy (non-hydrogen) atoms. The van der Waals surface area contributed by atoms with Crippen molar-refractivity contribution in [1.82, 2.24) is 9.38 Å². The Hall–Kier alpha value is -1.59. The second-order valence-electron chi connectivity index (χ2n) is 4.69. The van der Waals surface area contributed by atoms with Crippen LogP contribution in [0, 0.1) is 0 Å². The highest BCUT2D eigenvalue weighted by Crippen LogP contribution is 2.24. The number of fused-ring (bicyclic) bond motifs is 1. The molecule has 1 fully saturated rings. The highest BCUT2D eigenvalue weighted by Gasteiger charge is 2.22. The van der Waals surface area contributed by atoms with Crippen LogP contribution in [-0.2, 0) is 6.61 Å².